The van der Waals surface area contributed by atoms with Gasteiger partial charge in [-0.3, -0.25) is 9.78 Å². The monoisotopic (exact) mass is 281 g/mol. The molecule has 1 heterocycles. The fourth-order valence-electron chi connectivity index (χ4n) is 2.25. The molecule has 0 saturated heterocycles. The second-order valence-corrected chi connectivity index (χ2v) is 4.55. The van der Waals surface area contributed by atoms with E-state index in [1.807, 2.05) is 18.2 Å². The van der Waals surface area contributed by atoms with E-state index in [1.54, 1.807) is 24.4 Å². The summed E-state index contributed by atoms with van der Waals surface area (Å²) in [4.78, 5) is 16.8. The Labute approximate surface area is 121 Å². The topological polar surface area (TPSA) is 39.2 Å². The Morgan fingerprint density at radius 2 is 1.90 bits per heavy atom. The number of ketones is 1. The zero-order valence-electron chi connectivity index (χ0n) is 11.3. The SMILES string of the molecule is COc1ccc(C(=O)c2ccnc3ccccc23)c(F)c1. The number of carbonyl (C=O) groups excluding carboxylic acids is 1. The molecule has 21 heavy (non-hydrogen) atoms. The van der Waals surface area contributed by atoms with Crippen molar-refractivity contribution in [1.29, 1.82) is 0 Å². The van der Waals surface area contributed by atoms with Gasteiger partial charge in [-0.1, -0.05) is 18.2 Å². The number of nitrogens with zero attached hydrogens (tertiary/aromatic N) is 1. The molecule has 0 spiro atoms. The number of benzene rings is 2. The molecule has 3 rings (SSSR count). The summed E-state index contributed by atoms with van der Waals surface area (Å²) in [6.45, 7) is 0. The van der Waals surface area contributed by atoms with Crippen LogP contribution in [0.2, 0.25) is 0 Å². The minimum Gasteiger partial charge on any atom is -0.497 e. The third-order valence-electron chi connectivity index (χ3n) is 3.31. The fraction of sp³-hybridized carbons (Fsp3) is 0.0588. The summed E-state index contributed by atoms with van der Waals surface area (Å²) in [5.41, 5.74) is 1.16. The van der Waals surface area contributed by atoms with Crippen molar-refractivity contribution < 1.29 is 13.9 Å². The van der Waals surface area contributed by atoms with Crippen LogP contribution < -0.4 is 4.74 Å². The number of rotatable bonds is 3. The van der Waals surface area contributed by atoms with Gasteiger partial charge in [0.15, 0.2) is 5.78 Å². The highest BCUT2D eigenvalue weighted by atomic mass is 19.1. The Morgan fingerprint density at radius 1 is 1.10 bits per heavy atom. The molecule has 0 unspecified atom stereocenters. The first-order chi connectivity index (χ1) is 10.2. The number of ether oxygens (including phenoxy) is 1. The van der Waals surface area contributed by atoms with Crippen LogP contribution in [0.5, 0.6) is 5.75 Å². The van der Waals surface area contributed by atoms with E-state index in [1.165, 1.54) is 19.2 Å². The van der Waals surface area contributed by atoms with Gasteiger partial charge in [-0.05, 0) is 24.3 Å². The Balaban J connectivity index is 2.13. The molecule has 0 fully saturated rings. The first-order valence-corrected chi connectivity index (χ1v) is 6.42. The Morgan fingerprint density at radius 3 is 2.67 bits per heavy atom. The minimum atomic E-state index is -0.597. The summed E-state index contributed by atoms with van der Waals surface area (Å²) in [6, 6.07) is 13.1. The van der Waals surface area contributed by atoms with Crippen LogP contribution in [0.3, 0.4) is 0 Å². The van der Waals surface area contributed by atoms with E-state index in [0.717, 1.165) is 0 Å². The van der Waals surface area contributed by atoms with Crippen molar-refractivity contribution >= 4 is 16.7 Å². The summed E-state index contributed by atoms with van der Waals surface area (Å²) in [6.07, 6.45) is 1.55. The van der Waals surface area contributed by atoms with Gasteiger partial charge in [-0.25, -0.2) is 4.39 Å². The number of hydrogen-bond acceptors (Lipinski definition) is 3. The minimum absolute atomic E-state index is 0.0205. The van der Waals surface area contributed by atoms with Gasteiger partial charge >= 0.3 is 0 Å². The number of para-hydroxylation sites is 1. The highest BCUT2D eigenvalue weighted by Gasteiger charge is 2.17. The predicted octanol–water partition coefficient (Wildman–Crippen LogP) is 3.61. The van der Waals surface area contributed by atoms with Gasteiger partial charge in [0.1, 0.15) is 11.6 Å². The van der Waals surface area contributed by atoms with Crippen LogP contribution in [0.25, 0.3) is 10.9 Å². The molecule has 2 aromatic carbocycles. The molecule has 4 heteroatoms. The largest absolute Gasteiger partial charge is 0.497 e. The maximum Gasteiger partial charge on any atom is 0.196 e. The van der Waals surface area contributed by atoms with Crippen LogP contribution >= 0.6 is 0 Å². The lowest BCUT2D eigenvalue weighted by Crippen LogP contribution is -2.05. The Bertz CT molecular complexity index is 825. The summed E-state index contributed by atoms with van der Waals surface area (Å²) in [5.74, 6) is -0.586. The van der Waals surface area contributed by atoms with Crippen LogP contribution in [-0.4, -0.2) is 17.9 Å². The highest BCUT2D eigenvalue weighted by Crippen LogP contribution is 2.23. The summed E-state index contributed by atoms with van der Waals surface area (Å²) in [7, 11) is 1.45. The van der Waals surface area contributed by atoms with Gasteiger partial charge in [0, 0.05) is 23.2 Å². The molecule has 0 atom stereocenters. The number of methoxy groups -OCH3 is 1. The molecule has 0 aliphatic heterocycles. The molecule has 104 valence electrons. The lowest BCUT2D eigenvalue weighted by molar-refractivity contribution is 0.103. The predicted molar refractivity (Wildman–Crippen MR) is 78.1 cm³/mol. The van der Waals surface area contributed by atoms with Crippen molar-refractivity contribution in [2.24, 2.45) is 0 Å². The molecule has 3 aromatic rings. The van der Waals surface area contributed by atoms with E-state index in [0.29, 0.717) is 22.2 Å². The second-order valence-electron chi connectivity index (χ2n) is 4.55. The van der Waals surface area contributed by atoms with E-state index in [-0.39, 0.29) is 11.3 Å². The van der Waals surface area contributed by atoms with Gasteiger partial charge in [-0.15, -0.1) is 0 Å². The molecule has 0 bridgehead atoms. The zero-order valence-corrected chi connectivity index (χ0v) is 11.3. The average molecular weight is 281 g/mol. The quantitative estimate of drug-likeness (QED) is 0.688. The normalized spacial score (nSPS) is 10.6. The first kappa shape index (κ1) is 13.2. The molecule has 1 aromatic heterocycles. The smallest absolute Gasteiger partial charge is 0.196 e. The number of pyridine rings is 1. The maximum absolute atomic E-state index is 14.1. The van der Waals surface area contributed by atoms with Crippen LogP contribution in [0.4, 0.5) is 4.39 Å². The Hall–Kier alpha value is -2.75. The standard InChI is InChI=1S/C17H12FNO2/c1-21-11-6-7-14(15(18)10-11)17(20)13-8-9-19-16-5-3-2-4-12(13)16/h2-10H,1H3. The average Bonchev–Trinajstić information content (AvgIpc) is 2.53. The molecule has 3 nitrogen and oxygen atoms in total. The van der Waals surface area contributed by atoms with Crippen molar-refractivity contribution in [3.8, 4) is 5.75 Å². The lowest BCUT2D eigenvalue weighted by atomic mass is 9.99. The van der Waals surface area contributed by atoms with E-state index >= 15 is 0 Å². The van der Waals surface area contributed by atoms with Gasteiger partial charge < -0.3 is 4.74 Å². The number of carbonyl (C=O) groups is 1. The molecule has 0 amide bonds. The number of fused-ring (bicyclic) bond motifs is 1. The van der Waals surface area contributed by atoms with Gasteiger partial charge in [0.2, 0.25) is 0 Å². The molecule has 0 saturated carbocycles. The summed E-state index contributed by atoms with van der Waals surface area (Å²) >= 11 is 0. The molecular weight excluding hydrogens is 269 g/mol. The van der Waals surface area contributed by atoms with Crippen molar-refractivity contribution in [1.82, 2.24) is 4.98 Å². The molecule has 0 aliphatic rings. The van der Waals surface area contributed by atoms with E-state index in [9.17, 15) is 9.18 Å². The molecular formula is C17H12FNO2. The van der Waals surface area contributed by atoms with Crippen LogP contribution in [0.15, 0.2) is 54.7 Å². The molecule has 0 N–H and O–H groups in total. The second kappa shape index (κ2) is 5.32. The van der Waals surface area contributed by atoms with Crippen molar-refractivity contribution in [3.05, 3.63) is 71.7 Å². The van der Waals surface area contributed by atoms with Crippen LogP contribution in [-0.2, 0) is 0 Å². The first-order valence-electron chi connectivity index (χ1n) is 6.42. The molecule has 0 radical (unpaired) electrons. The Kier molecular flexibility index (Phi) is 3.36. The van der Waals surface area contributed by atoms with Crippen LogP contribution in [0, 0.1) is 5.82 Å². The van der Waals surface area contributed by atoms with Crippen molar-refractivity contribution in [2.75, 3.05) is 7.11 Å². The van der Waals surface area contributed by atoms with Crippen molar-refractivity contribution in [3.63, 3.8) is 0 Å². The number of hydrogen-bond donors (Lipinski definition) is 0. The van der Waals surface area contributed by atoms with Gasteiger partial charge in [0.25, 0.3) is 0 Å². The summed E-state index contributed by atoms with van der Waals surface area (Å²) in [5, 5.41) is 0.709. The highest BCUT2D eigenvalue weighted by molar-refractivity contribution is 6.16. The van der Waals surface area contributed by atoms with E-state index in [4.69, 9.17) is 4.74 Å². The summed E-state index contributed by atoms with van der Waals surface area (Å²) < 4.78 is 19.0. The van der Waals surface area contributed by atoms with Crippen LogP contribution in [0.1, 0.15) is 15.9 Å². The third-order valence-corrected chi connectivity index (χ3v) is 3.31. The zero-order chi connectivity index (χ0) is 14.8. The van der Waals surface area contributed by atoms with Gasteiger partial charge in [-0.2, -0.15) is 0 Å². The third kappa shape index (κ3) is 2.36. The van der Waals surface area contributed by atoms with E-state index in [2.05, 4.69) is 4.98 Å². The lowest BCUT2D eigenvalue weighted by Gasteiger charge is -2.07. The van der Waals surface area contributed by atoms with Gasteiger partial charge in [0.05, 0.1) is 18.2 Å². The van der Waals surface area contributed by atoms with Crippen molar-refractivity contribution in [2.45, 2.75) is 0 Å². The molecule has 0 aliphatic carbocycles. The maximum atomic E-state index is 14.1. The number of halogens is 1. The number of aromatic nitrogens is 1. The van der Waals surface area contributed by atoms with E-state index < -0.39 is 5.82 Å². The fourth-order valence-corrected chi connectivity index (χ4v) is 2.25.